The van der Waals surface area contributed by atoms with Crippen LogP contribution in [0.2, 0.25) is 0 Å². The number of phenols is 2. The van der Waals surface area contributed by atoms with Gasteiger partial charge in [-0.25, -0.2) is 4.79 Å². The zero-order valence-electron chi connectivity index (χ0n) is 24.9. The summed E-state index contributed by atoms with van der Waals surface area (Å²) in [6, 6.07) is 7.60. The topological polar surface area (TPSA) is 255 Å². The molecular formula is C30H43N7O7. The van der Waals surface area contributed by atoms with Crippen molar-refractivity contribution in [3.63, 3.8) is 0 Å². The number of nitrogens with one attached hydrogen (secondary N) is 3. The Labute approximate surface area is 256 Å². The average molecular weight is 614 g/mol. The Morgan fingerprint density at radius 3 is 1.73 bits per heavy atom. The predicted octanol–water partition coefficient (Wildman–Crippen LogP) is -0.151. The summed E-state index contributed by atoms with van der Waals surface area (Å²) in [4.78, 5) is 55.6. The lowest BCUT2D eigenvalue weighted by Gasteiger charge is -2.26. The van der Waals surface area contributed by atoms with E-state index in [1.54, 1.807) is 12.1 Å². The van der Waals surface area contributed by atoms with Gasteiger partial charge in [0.25, 0.3) is 0 Å². The third-order valence-electron chi connectivity index (χ3n) is 6.64. The lowest BCUT2D eigenvalue weighted by atomic mass is 10.0. The summed E-state index contributed by atoms with van der Waals surface area (Å²) >= 11 is 0. The second kappa shape index (κ2) is 17.3. The van der Waals surface area contributed by atoms with Crippen molar-refractivity contribution in [2.75, 3.05) is 6.54 Å². The highest BCUT2D eigenvalue weighted by Crippen LogP contribution is 2.14. The second-order valence-electron chi connectivity index (χ2n) is 10.9. The van der Waals surface area contributed by atoms with Gasteiger partial charge in [-0.3, -0.25) is 19.4 Å². The number of guanidine groups is 1. The van der Waals surface area contributed by atoms with Gasteiger partial charge >= 0.3 is 5.97 Å². The number of aromatic hydroxyl groups is 2. The first-order chi connectivity index (χ1) is 20.7. The minimum absolute atomic E-state index is 0.0116. The van der Waals surface area contributed by atoms with Crippen molar-refractivity contribution < 1.29 is 34.5 Å². The maximum absolute atomic E-state index is 13.4. The van der Waals surface area contributed by atoms with Crippen molar-refractivity contribution in [3.05, 3.63) is 59.7 Å². The molecule has 4 atom stereocenters. The highest BCUT2D eigenvalue weighted by Gasteiger charge is 2.30. The number of amides is 3. The van der Waals surface area contributed by atoms with E-state index >= 15 is 0 Å². The number of rotatable bonds is 17. The van der Waals surface area contributed by atoms with E-state index < -0.39 is 47.9 Å². The SMILES string of the molecule is CC(C)CC(NC(=O)C(N)Cc1ccc(O)cc1)C(=O)NC(CCCN=C(N)N)C(=O)NC(Cc1ccc(O)cc1)C(=O)O. The van der Waals surface area contributed by atoms with E-state index in [0.29, 0.717) is 11.1 Å². The number of carbonyl (C=O) groups is 4. The number of aliphatic imine (C=N–C) groups is 1. The van der Waals surface area contributed by atoms with Crippen LogP contribution >= 0.6 is 0 Å². The number of carboxylic acids is 1. The van der Waals surface area contributed by atoms with Crippen molar-refractivity contribution >= 4 is 29.7 Å². The molecule has 0 aliphatic carbocycles. The van der Waals surface area contributed by atoms with Crippen LogP contribution in [0.25, 0.3) is 0 Å². The van der Waals surface area contributed by atoms with Crippen molar-refractivity contribution in [1.29, 1.82) is 0 Å². The largest absolute Gasteiger partial charge is 0.508 e. The van der Waals surface area contributed by atoms with Gasteiger partial charge in [-0.2, -0.15) is 0 Å². The number of nitrogens with zero attached hydrogens (tertiary/aromatic N) is 1. The molecule has 0 aliphatic heterocycles. The quantitative estimate of drug-likeness (QED) is 0.0647. The van der Waals surface area contributed by atoms with Gasteiger partial charge in [-0.05, 0) is 67.0 Å². The van der Waals surface area contributed by atoms with Gasteiger partial charge in [0.05, 0.1) is 6.04 Å². The van der Waals surface area contributed by atoms with E-state index in [9.17, 15) is 34.5 Å². The van der Waals surface area contributed by atoms with E-state index in [4.69, 9.17) is 17.2 Å². The summed E-state index contributed by atoms with van der Waals surface area (Å²) in [5, 5.41) is 36.6. The molecule has 12 N–H and O–H groups in total. The third-order valence-corrected chi connectivity index (χ3v) is 6.64. The van der Waals surface area contributed by atoms with E-state index in [1.165, 1.54) is 36.4 Å². The minimum Gasteiger partial charge on any atom is -0.508 e. The molecule has 2 aromatic rings. The maximum atomic E-state index is 13.4. The van der Waals surface area contributed by atoms with Gasteiger partial charge in [0.1, 0.15) is 29.6 Å². The molecule has 0 saturated carbocycles. The Kier molecular flexibility index (Phi) is 13.9. The van der Waals surface area contributed by atoms with E-state index in [2.05, 4.69) is 20.9 Å². The molecule has 2 aromatic carbocycles. The molecular weight excluding hydrogens is 570 g/mol. The first-order valence-electron chi connectivity index (χ1n) is 14.3. The van der Waals surface area contributed by atoms with Gasteiger partial charge in [-0.15, -0.1) is 0 Å². The van der Waals surface area contributed by atoms with Crippen LogP contribution in [0.4, 0.5) is 0 Å². The molecule has 0 saturated heterocycles. The predicted molar refractivity (Wildman–Crippen MR) is 164 cm³/mol. The minimum atomic E-state index is -1.33. The molecule has 14 nitrogen and oxygen atoms in total. The number of carbonyl (C=O) groups excluding carboxylic acids is 3. The number of hydrogen-bond acceptors (Lipinski definition) is 8. The van der Waals surface area contributed by atoms with Crippen LogP contribution in [0.3, 0.4) is 0 Å². The number of aliphatic carboxylic acids is 1. The average Bonchev–Trinajstić information content (AvgIpc) is 2.95. The molecule has 4 unspecified atom stereocenters. The number of hydrogen-bond donors (Lipinski definition) is 9. The molecule has 0 heterocycles. The van der Waals surface area contributed by atoms with Gasteiger partial charge in [0, 0.05) is 13.0 Å². The van der Waals surface area contributed by atoms with Crippen molar-refractivity contribution in [1.82, 2.24) is 16.0 Å². The molecule has 0 fully saturated rings. The molecule has 14 heteroatoms. The first-order valence-corrected chi connectivity index (χ1v) is 14.3. The molecule has 0 aliphatic rings. The van der Waals surface area contributed by atoms with Gasteiger partial charge in [0.15, 0.2) is 5.96 Å². The molecule has 240 valence electrons. The number of carboxylic acid groups (broad SMARTS) is 1. The Morgan fingerprint density at radius 2 is 1.23 bits per heavy atom. The summed E-state index contributed by atoms with van der Waals surface area (Å²) in [6.45, 7) is 3.89. The fraction of sp³-hybridized carbons (Fsp3) is 0.433. The highest BCUT2D eigenvalue weighted by atomic mass is 16.4. The highest BCUT2D eigenvalue weighted by molar-refractivity contribution is 5.94. The van der Waals surface area contributed by atoms with E-state index in [0.717, 1.165) is 0 Å². The summed E-state index contributed by atoms with van der Waals surface area (Å²) < 4.78 is 0. The van der Waals surface area contributed by atoms with Crippen molar-refractivity contribution in [3.8, 4) is 11.5 Å². The van der Waals surface area contributed by atoms with Crippen LogP contribution in [0.15, 0.2) is 53.5 Å². The monoisotopic (exact) mass is 613 g/mol. The number of phenolic OH excluding ortho intramolecular Hbond substituents is 2. The summed E-state index contributed by atoms with van der Waals surface area (Å²) in [5.74, 6) is -3.32. The molecule has 3 amide bonds. The zero-order chi connectivity index (χ0) is 32.8. The fourth-order valence-electron chi connectivity index (χ4n) is 4.35. The third kappa shape index (κ3) is 12.6. The Balaban J connectivity index is 2.18. The Morgan fingerprint density at radius 1 is 0.750 bits per heavy atom. The maximum Gasteiger partial charge on any atom is 0.326 e. The lowest BCUT2D eigenvalue weighted by Crippen LogP contribution is -2.57. The Hall–Kier alpha value is -4.85. The zero-order valence-corrected chi connectivity index (χ0v) is 24.9. The molecule has 0 spiro atoms. The van der Waals surface area contributed by atoms with Crippen LogP contribution in [0.1, 0.15) is 44.2 Å². The van der Waals surface area contributed by atoms with Gasteiger partial charge < -0.3 is 48.5 Å². The van der Waals surface area contributed by atoms with Crippen LogP contribution in [-0.2, 0) is 32.0 Å². The summed E-state index contributed by atoms with van der Waals surface area (Å²) in [6.07, 6.45) is 0.689. The van der Waals surface area contributed by atoms with E-state index in [1.807, 2.05) is 13.8 Å². The smallest absolute Gasteiger partial charge is 0.326 e. The first kappa shape index (κ1) is 35.3. The summed E-state index contributed by atoms with van der Waals surface area (Å²) in [7, 11) is 0. The number of benzene rings is 2. The molecule has 0 bridgehead atoms. The molecule has 0 radical (unpaired) electrons. The normalized spacial score (nSPS) is 13.6. The summed E-state index contributed by atoms with van der Waals surface area (Å²) in [5.41, 5.74) is 18.1. The fourth-order valence-corrected chi connectivity index (χ4v) is 4.35. The van der Waals surface area contributed by atoms with Gasteiger partial charge in [0.2, 0.25) is 17.7 Å². The van der Waals surface area contributed by atoms with Crippen molar-refractivity contribution in [2.24, 2.45) is 28.1 Å². The Bertz CT molecular complexity index is 1280. The lowest BCUT2D eigenvalue weighted by molar-refractivity contribution is -0.142. The standard InChI is InChI=1S/C30H43N7O7/c1-17(2)14-24(36-26(40)22(31)15-18-5-9-20(38)10-6-18)28(42)35-23(4-3-13-34-30(32)33)27(41)37-25(29(43)44)16-19-7-11-21(39)12-8-19/h5-12,17,22-25,38-39H,3-4,13-16,31H2,1-2H3,(H,35,42)(H,36,40)(H,37,41)(H,43,44)(H4,32,33,34). The van der Waals surface area contributed by atoms with Crippen LogP contribution in [-0.4, -0.2) is 75.7 Å². The van der Waals surface area contributed by atoms with E-state index in [-0.39, 0.29) is 62.0 Å². The van der Waals surface area contributed by atoms with Gasteiger partial charge in [-0.1, -0.05) is 38.1 Å². The van der Waals surface area contributed by atoms with Crippen LogP contribution in [0.5, 0.6) is 11.5 Å². The molecule has 2 rings (SSSR count). The van der Waals surface area contributed by atoms with Crippen LogP contribution < -0.4 is 33.2 Å². The molecule has 44 heavy (non-hydrogen) atoms. The second-order valence-corrected chi connectivity index (χ2v) is 10.9. The van der Waals surface area contributed by atoms with Crippen molar-refractivity contribution in [2.45, 2.75) is 70.1 Å². The number of nitrogens with two attached hydrogens (primary N) is 3. The van der Waals surface area contributed by atoms with Crippen LogP contribution in [0, 0.1) is 5.92 Å². The molecule has 0 aromatic heterocycles.